The molecule has 5 heterocycles. The van der Waals surface area contributed by atoms with Crippen LogP contribution in [-0.2, 0) is 27.1 Å². The lowest BCUT2D eigenvalue weighted by Gasteiger charge is -2.47. The maximum atomic E-state index is 2.71. The van der Waals surface area contributed by atoms with Gasteiger partial charge in [0.05, 0.1) is 28.1 Å². The molecular weight excluding hydrogens is 1000 g/mol. The first-order chi connectivity index (χ1) is 38.2. The maximum Gasteiger partial charge on any atom is 0.252 e. The Hall–Kier alpha value is -7.54. The lowest BCUT2D eigenvalue weighted by atomic mass is 9.33. The van der Waals surface area contributed by atoms with Gasteiger partial charge in [-0.15, -0.1) is 11.3 Å². The molecule has 0 amide bonds. The van der Waals surface area contributed by atoms with Crippen molar-refractivity contribution < 1.29 is 0 Å². The van der Waals surface area contributed by atoms with Crippen molar-refractivity contribution in [1.29, 1.82) is 0 Å². The van der Waals surface area contributed by atoms with E-state index in [1.807, 2.05) is 11.3 Å². The SMILES string of the molecule is Cc1cc2c3c(c1)N1c4c(cc(C(C)(C)C)cc4-n4c5ccc(C(C)(C)C)cc5c5cc(C(C)(C)C)cc1c54)B3c1ccc(N(c3ccc(C(C)(C)C)cc3)c3ccc(C(C)(C)C)cc3)cc1N2c1ccc2sc3ccccc3c2c1. The van der Waals surface area contributed by atoms with Gasteiger partial charge in [-0.2, -0.15) is 0 Å². The number of nitrogens with zero attached hydrogens (tertiary/aromatic N) is 4. The molecule has 404 valence electrons. The van der Waals surface area contributed by atoms with Gasteiger partial charge in [-0.1, -0.05) is 165 Å². The minimum atomic E-state index is -0.137. The van der Waals surface area contributed by atoms with Crippen molar-refractivity contribution in [1.82, 2.24) is 4.57 Å². The summed E-state index contributed by atoms with van der Waals surface area (Å²) in [5.41, 5.74) is 26.2. The molecule has 11 aromatic rings. The zero-order valence-electron chi connectivity index (χ0n) is 50.4. The number of fused-ring (bicyclic) bond motifs is 12. The molecule has 81 heavy (non-hydrogen) atoms. The number of thiophene rings is 1. The van der Waals surface area contributed by atoms with Crippen LogP contribution in [0.5, 0.6) is 0 Å². The van der Waals surface area contributed by atoms with Crippen LogP contribution < -0.4 is 31.1 Å². The van der Waals surface area contributed by atoms with Crippen molar-refractivity contribution in [2.45, 2.75) is 138 Å². The fourth-order valence-corrected chi connectivity index (χ4v) is 14.6. The molecular formula is C75H75BN4S. The van der Waals surface area contributed by atoms with Crippen LogP contribution in [0.25, 0.3) is 47.7 Å². The fraction of sp³-hybridized carbons (Fsp3) is 0.280. The van der Waals surface area contributed by atoms with E-state index in [2.05, 4.69) is 294 Å². The van der Waals surface area contributed by atoms with Crippen molar-refractivity contribution in [3.63, 3.8) is 0 Å². The van der Waals surface area contributed by atoms with E-state index >= 15 is 0 Å². The van der Waals surface area contributed by atoms with E-state index < -0.39 is 0 Å². The van der Waals surface area contributed by atoms with Gasteiger partial charge in [0.15, 0.2) is 0 Å². The van der Waals surface area contributed by atoms with Crippen LogP contribution in [0.3, 0.4) is 0 Å². The van der Waals surface area contributed by atoms with Crippen LogP contribution in [0.15, 0.2) is 164 Å². The number of aromatic nitrogens is 1. The second-order valence-electron chi connectivity index (χ2n) is 28.9. The fourth-order valence-electron chi connectivity index (χ4n) is 13.5. The highest BCUT2D eigenvalue weighted by Crippen LogP contribution is 2.55. The minimum absolute atomic E-state index is 0.00693. The normalized spacial score (nSPS) is 14.1. The molecule has 9 aromatic carbocycles. The van der Waals surface area contributed by atoms with Crippen molar-refractivity contribution in [3.05, 3.63) is 197 Å². The summed E-state index contributed by atoms with van der Waals surface area (Å²) in [6.45, 7) is 37.4. The third-order valence-corrected chi connectivity index (χ3v) is 19.2. The smallest absolute Gasteiger partial charge is 0.252 e. The van der Waals surface area contributed by atoms with Crippen molar-refractivity contribution in [2.75, 3.05) is 14.7 Å². The second-order valence-corrected chi connectivity index (χ2v) is 30.0. The van der Waals surface area contributed by atoms with Gasteiger partial charge in [0.1, 0.15) is 0 Å². The Kier molecular flexibility index (Phi) is 11.0. The average Bonchev–Trinajstić information content (AvgIpc) is 2.34. The van der Waals surface area contributed by atoms with Crippen LogP contribution in [0.4, 0.5) is 51.2 Å². The predicted octanol–water partition coefficient (Wildman–Crippen LogP) is 19.8. The van der Waals surface area contributed by atoms with Crippen LogP contribution in [0.1, 0.15) is 137 Å². The van der Waals surface area contributed by atoms with Gasteiger partial charge in [-0.05, 0) is 187 Å². The first-order valence-electron chi connectivity index (χ1n) is 29.4. The highest BCUT2D eigenvalue weighted by atomic mass is 32.1. The first-order valence-corrected chi connectivity index (χ1v) is 30.2. The lowest BCUT2D eigenvalue weighted by Crippen LogP contribution is -2.62. The third-order valence-electron chi connectivity index (χ3n) is 18.1. The van der Waals surface area contributed by atoms with E-state index in [1.54, 1.807) is 0 Å². The van der Waals surface area contributed by atoms with Crippen LogP contribution >= 0.6 is 11.3 Å². The molecule has 3 aliphatic rings. The van der Waals surface area contributed by atoms with Gasteiger partial charge in [-0.25, -0.2) is 0 Å². The van der Waals surface area contributed by atoms with E-state index in [1.165, 1.54) is 126 Å². The number of hydrogen-bond acceptors (Lipinski definition) is 4. The summed E-state index contributed by atoms with van der Waals surface area (Å²) in [6, 6.07) is 64.6. The van der Waals surface area contributed by atoms with Gasteiger partial charge >= 0.3 is 0 Å². The topological polar surface area (TPSA) is 14.7 Å². The summed E-state index contributed by atoms with van der Waals surface area (Å²) in [5, 5.41) is 5.22. The summed E-state index contributed by atoms with van der Waals surface area (Å²) in [6.07, 6.45) is 0. The Morgan fingerprint density at radius 3 is 1.56 bits per heavy atom. The zero-order chi connectivity index (χ0) is 56.8. The van der Waals surface area contributed by atoms with Crippen molar-refractivity contribution in [2.24, 2.45) is 0 Å². The monoisotopic (exact) mass is 1070 g/mol. The quantitative estimate of drug-likeness (QED) is 0.163. The van der Waals surface area contributed by atoms with Crippen LogP contribution in [0.2, 0.25) is 0 Å². The largest absolute Gasteiger partial charge is 0.311 e. The zero-order valence-corrected chi connectivity index (χ0v) is 51.2. The van der Waals surface area contributed by atoms with E-state index in [9.17, 15) is 0 Å². The molecule has 0 spiro atoms. The predicted molar refractivity (Wildman–Crippen MR) is 354 cm³/mol. The highest BCUT2D eigenvalue weighted by Gasteiger charge is 2.47. The molecule has 2 aromatic heterocycles. The Balaban J connectivity index is 1.10. The molecule has 4 nitrogen and oxygen atoms in total. The number of aryl methyl sites for hydroxylation is 1. The lowest BCUT2D eigenvalue weighted by molar-refractivity contribution is 0.590. The van der Waals surface area contributed by atoms with Gasteiger partial charge in [0, 0.05) is 70.8 Å². The Bertz CT molecular complexity index is 4380. The molecule has 0 fully saturated rings. The van der Waals surface area contributed by atoms with E-state index in [-0.39, 0.29) is 33.8 Å². The molecule has 0 N–H and O–H groups in total. The molecule has 14 rings (SSSR count). The molecule has 6 heteroatoms. The maximum absolute atomic E-state index is 2.71. The van der Waals surface area contributed by atoms with E-state index in [4.69, 9.17) is 0 Å². The standard InChI is InChI=1S/C75H75BN4S/c1-44-35-62-68-63(36-44)80-64-40-48(74(11,12)13)38-57-55-37-47(73(8,9)10)25-33-60(55)79(69(57)64)65-41-49(75(14,15)16)39-59(70(65)80)76(68)58-32-30-53(43-61(58)78(62)52-31-34-67-56(42-52)54-19-17-18-20-66(54)81-67)77(50-26-21-45(22-27-50)71(2,3)4)51-28-23-46(24-29-51)72(5,6)7/h17-43H,1-16H3. The Labute approximate surface area is 484 Å². The summed E-state index contributed by atoms with van der Waals surface area (Å²) in [4.78, 5) is 7.82. The molecule has 0 aliphatic carbocycles. The van der Waals surface area contributed by atoms with Gasteiger partial charge in [0.2, 0.25) is 0 Å². The van der Waals surface area contributed by atoms with E-state index in [0.717, 1.165) is 22.7 Å². The summed E-state index contributed by atoms with van der Waals surface area (Å²) >= 11 is 1.88. The minimum Gasteiger partial charge on any atom is -0.311 e. The van der Waals surface area contributed by atoms with Gasteiger partial charge in [0.25, 0.3) is 6.71 Å². The van der Waals surface area contributed by atoms with Gasteiger partial charge in [-0.3, -0.25) is 0 Å². The summed E-state index contributed by atoms with van der Waals surface area (Å²) < 4.78 is 5.27. The van der Waals surface area contributed by atoms with E-state index in [0.29, 0.717) is 0 Å². The Morgan fingerprint density at radius 1 is 0.383 bits per heavy atom. The molecule has 0 radical (unpaired) electrons. The molecule has 0 atom stereocenters. The molecule has 3 aliphatic heterocycles. The van der Waals surface area contributed by atoms with Gasteiger partial charge < -0.3 is 19.3 Å². The average molecular weight is 1080 g/mol. The van der Waals surface area contributed by atoms with Crippen molar-refractivity contribution in [3.8, 4) is 5.69 Å². The van der Waals surface area contributed by atoms with Crippen LogP contribution in [0, 0.1) is 6.92 Å². The number of hydrogen-bond donors (Lipinski definition) is 0. The summed E-state index contributed by atoms with van der Waals surface area (Å²) in [7, 11) is 0. The van der Waals surface area contributed by atoms with Crippen molar-refractivity contribution >= 4 is 128 Å². The highest BCUT2D eigenvalue weighted by molar-refractivity contribution is 7.25. The molecule has 0 saturated heterocycles. The number of rotatable bonds is 4. The second kappa shape index (κ2) is 17.3. The number of benzene rings is 9. The third kappa shape index (κ3) is 7.97. The molecule has 0 saturated carbocycles. The molecule has 0 unspecified atom stereocenters. The van der Waals surface area contributed by atoms with Crippen LogP contribution in [-0.4, -0.2) is 11.3 Å². The molecule has 0 bridgehead atoms. The number of anilines is 9. The first kappa shape index (κ1) is 51.6. The Morgan fingerprint density at radius 2 is 0.926 bits per heavy atom. The summed E-state index contributed by atoms with van der Waals surface area (Å²) in [5.74, 6) is 0.